The van der Waals surface area contributed by atoms with Crippen LogP contribution in [0.1, 0.15) is 46.3 Å². The van der Waals surface area contributed by atoms with Crippen molar-refractivity contribution in [2.45, 2.75) is 32.5 Å². The van der Waals surface area contributed by atoms with Crippen LogP contribution in [0.3, 0.4) is 0 Å². The third-order valence-electron chi connectivity index (χ3n) is 5.29. The molecule has 2 aromatic heterocycles. The molecule has 0 spiro atoms. The number of benzene rings is 2. The summed E-state index contributed by atoms with van der Waals surface area (Å²) < 4.78 is 48.3. The second kappa shape index (κ2) is 8.83. The Bertz CT molecular complexity index is 1450. The molecule has 0 fully saturated rings. The van der Waals surface area contributed by atoms with Crippen LogP contribution in [0.25, 0.3) is 22.4 Å². The van der Waals surface area contributed by atoms with E-state index in [0.717, 1.165) is 6.07 Å². The van der Waals surface area contributed by atoms with Gasteiger partial charge in [-0.05, 0) is 42.8 Å². The predicted molar refractivity (Wildman–Crippen MR) is 116 cm³/mol. The fourth-order valence-electron chi connectivity index (χ4n) is 3.83. The number of carboxylic acid groups (broad SMARTS) is 1. The van der Waals surface area contributed by atoms with Gasteiger partial charge < -0.3 is 14.2 Å². The molecule has 2 aromatic carbocycles. The molecular weight excluding hydrogens is 473 g/mol. The van der Waals surface area contributed by atoms with Gasteiger partial charge in [-0.25, -0.2) is 4.79 Å². The lowest BCUT2D eigenvalue weighted by atomic mass is 10.0. The Hall–Kier alpha value is -3.84. The fourth-order valence-corrected chi connectivity index (χ4v) is 4.03. The number of aromatic nitrogens is 3. The van der Waals surface area contributed by atoms with Crippen molar-refractivity contribution in [2.24, 2.45) is 0 Å². The second-order valence-electron chi connectivity index (χ2n) is 7.52. The molecule has 1 N–H and O–H groups in total. The zero-order chi connectivity index (χ0) is 24.6. The van der Waals surface area contributed by atoms with Gasteiger partial charge >= 0.3 is 12.1 Å². The van der Waals surface area contributed by atoms with E-state index >= 15 is 0 Å². The molecule has 0 aliphatic carbocycles. The van der Waals surface area contributed by atoms with E-state index < -0.39 is 23.3 Å². The number of nitrogens with zero attached hydrogens (tertiary/aromatic N) is 4. The number of nitriles is 1. The van der Waals surface area contributed by atoms with Crippen LogP contribution in [0.15, 0.2) is 40.9 Å². The van der Waals surface area contributed by atoms with E-state index in [2.05, 4.69) is 10.1 Å². The third kappa shape index (κ3) is 4.22. The van der Waals surface area contributed by atoms with Gasteiger partial charge in [0.1, 0.15) is 0 Å². The van der Waals surface area contributed by atoms with Gasteiger partial charge in [0, 0.05) is 16.6 Å². The van der Waals surface area contributed by atoms with Crippen LogP contribution < -0.4 is 0 Å². The van der Waals surface area contributed by atoms with Crippen molar-refractivity contribution < 1.29 is 27.6 Å². The van der Waals surface area contributed by atoms with Crippen LogP contribution in [0, 0.1) is 11.3 Å². The van der Waals surface area contributed by atoms with Gasteiger partial charge in [0.2, 0.25) is 0 Å². The SMILES string of the molecule is CCCc1cc2c(C(F)(F)F)c(C#N)ccc2n1Cc1noc(-c2cc(C(=O)O)ccc2Cl)n1. The van der Waals surface area contributed by atoms with Gasteiger partial charge in [-0.15, -0.1) is 0 Å². The minimum atomic E-state index is -4.70. The first-order valence-electron chi connectivity index (χ1n) is 10.1. The van der Waals surface area contributed by atoms with E-state index in [-0.39, 0.29) is 45.3 Å². The maximum Gasteiger partial charge on any atom is 0.418 e. The number of aromatic carboxylic acids is 1. The molecule has 11 heteroatoms. The molecule has 7 nitrogen and oxygen atoms in total. The number of halogens is 4. The Balaban J connectivity index is 1.80. The largest absolute Gasteiger partial charge is 0.478 e. The smallest absolute Gasteiger partial charge is 0.418 e. The van der Waals surface area contributed by atoms with Gasteiger partial charge in [0.05, 0.1) is 39.9 Å². The first-order valence-corrected chi connectivity index (χ1v) is 10.5. The van der Waals surface area contributed by atoms with Crippen LogP contribution in [0.2, 0.25) is 5.02 Å². The van der Waals surface area contributed by atoms with Crippen molar-refractivity contribution in [3.63, 3.8) is 0 Å². The standard InChI is InChI=1S/C23H16ClF3N4O3/c1-2-3-14-9-16-18(7-5-13(10-28)20(16)23(25,26)27)31(14)11-19-29-21(34-30-19)15-8-12(22(32)33)4-6-17(15)24/h4-9H,2-3,11H2,1H3,(H,32,33). The molecule has 2 heterocycles. The summed E-state index contributed by atoms with van der Waals surface area (Å²) >= 11 is 6.16. The van der Waals surface area contributed by atoms with Crippen molar-refractivity contribution in [3.05, 3.63) is 69.6 Å². The number of carboxylic acids is 1. The lowest BCUT2D eigenvalue weighted by Crippen LogP contribution is -2.09. The third-order valence-corrected chi connectivity index (χ3v) is 5.62. The average Bonchev–Trinajstić information content (AvgIpc) is 3.38. The predicted octanol–water partition coefficient (Wildman–Crippen LogP) is 5.93. The Morgan fingerprint density at radius 2 is 2.03 bits per heavy atom. The highest BCUT2D eigenvalue weighted by Gasteiger charge is 2.36. The van der Waals surface area contributed by atoms with E-state index in [9.17, 15) is 28.3 Å². The second-order valence-corrected chi connectivity index (χ2v) is 7.93. The molecule has 0 aliphatic heterocycles. The van der Waals surface area contributed by atoms with E-state index in [1.165, 1.54) is 30.3 Å². The summed E-state index contributed by atoms with van der Waals surface area (Å²) in [5, 5.41) is 22.5. The Morgan fingerprint density at radius 3 is 2.68 bits per heavy atom. The fraction of sp³-hybridized carbons (Fsp3) is 0.217. The molecule has 0 amide bonds. The van der Waals surface area contributed by atoms with Gasteiger partial charge in [-0.2, -0.15) is 23.4 Å². The lowest BCUT2D eigenvalue weighted by molar-refractivity contribution is -0.136. The maximum atomic E-state index is 13.8. The summed E-state index contributed by atoms with van der Waals surface area (Å²) in [7, 11) is 0. The van der Waals surface area contributed by atoms with Crippen LogP contribution in [-0.4, -0.2) is 25.8 Å². The van der Waals surface area contributed by atoms with E-state index in [0.29, 0.717) is 18.5 Å². The van der Waals surface area contributed by atoms with Crippen molar-refractivity contribution >= 4 is 28.5 Å². The highest BCUT2D eigenvalue weighted by molar-refractivity contribution is 6.33. The minimum Gasteiger partial charge on any atom is -0.478 e. The molecule has 0 aliphatic rings. The minimum absolute atomic E-state index is 0.00176. The molecule has 34 heavy (non-hydrogen) atoms. The van der Waals surface area contributed by atoms with Crippen molar-refractivity contribution in [1.82, 2.24) is 14.7 Å². The number of hydrogen-bond acceptors (Lipinski definition) is 5. The Kier molecular flexibility index (Phi) is 6.06. The van der Waals surface area contributed by atoms with Crippen LogP contribution in [0.5, 0.6) is 0 Å². The van der Waals surface area contributed by atoms with Crippen LogP contribution >= 0.6 is 11.6 Å². The average molecular weight is 489 g/mol. The first kappa shape index (κ1) is 23.3. The van der Waals surface area contributed by atoms with Crippen LogP contribution in [-0.2, 0) is 19.1 Å². The topological polar surface area (TPSA) is 105 Å². The zero-order valence-electron chi connectivity index (χ0n) is 17.6. The Morgan fingerprint density at radius 1 is 1.26 bits per heavy atom. The normalized spacial score (nSPS) is 11.6. The van der Waals surface area contributed by atoms with E-state index in [4.69, 9.17) is 16.1 Å². The van der Waals surface area contributed by atoms with Crippen molar-refractivity contribution in [2.75, 3.05) is 0 Å². The zero-order valence-corrected chi connectivity index (χ0v) is 18.4. The summed E-state index contributed by atoms with van der Waals surface area (Å²) in [5.74, 6) is -1.00. The van der Waals surface area contributed by atoms with Crippen molar-refractivity contribution in [3.8, 4) is 17.5 Å². The van der Waals surface area contributed by atoms with Gasteiger partial charge in [-0.3, -0.25) is 0 Å². The molecule has 0 unspecified atom stereocenters. The molecular formula is C23H16ClF3N4O3. The molecule has 0 bridgehead atoms. The molecule has 0 atom stereocenters. The number of alkyl halides is 3. The molecule has 4 rings (SSSR count). The quantitative estimate of drug-likeness (QED) is 0.360. The highest BCUT2D eigenvalue weighted by Crippen LogP contribution is 2.39. The lowest BCUT2D eigenvalue weighted by Gasteiger charge is -2.11. The number of hydrogen-bond donors (Lipinski definition) is 1. The number of rotatable bonds is 6. The molecule has 174 valence electrons. The first-order chi connectivity index (χ1) is 16.1. The number of carbonyl (C=O) groups is 1. The van der Waals surface area contributed by atoms with Gasteiger partial charge in [0.15, 0.2) is 5.82 Å². The number of aryl methyl sites for hydroxylation is 1. The van der Waals surface area contributed by atoms with E-state index in [1.54, 1.807) is 10.6 Å². The molecule has 0 radical (unpaired) electrons. The summed E-state index contributed by atoms with van der Waals surface area (Å²) in [6.45, 7) is 1.90. The molecule has 0 saturated heterocycles. The molecule has 4 aromatic rings. The monoisotopic (exact) mass is 488 g/mol. The molecule has 0 saturated carbocycles. The highest BCUT2D eigenvalue weighted by atomic mass is 35.5. The summed E-state index contributed by atoms with van der Waals surface area (Å²) in [6.07, 6.45) is -3.53. The Labute approximate surface area is 196 Å². The summed E-state index contributed by atoms with van der Waals surface area (Å²) in [4.78, 5) is 15.5. The summed E-state index contributed by atoms with van der Waals surface area (Å²) in [6, 6.07) is 9.71. The van der Waals surface area contributed by atoms with E-state index in [1.807, 2.05) is 6.92 Å². The maximum absolute atomic E-state index is 13.8. The van der Waals surface area contributed by atoms with Gasteiger partial charge in [0.25, 0.3) is 5.89 Å². The van der Waals surface area contributed by atoms with Gasteiger partial charge in [-0.1, -0.05) is 30.1 Å². The van der Waals surface area contributed by atoms with Crippen LogP contribution in [0.4, 0.5) is 13.2 Å². The van der Waals surface area contributed by atoms with Crippen molar-refractivity contribution in [1.29, 1.82) is 5.26 Å². The number of fused-ring (bicyclic) bond motifs is 1. The summed E-state index contributed by atoms with van der Waals surface area (Å²) in [5.41, 5.74) is -0.315.